The summed E-state index contributed by atoms with van der Waals surface area (Å²) in [6.07, 6.45) is 0. The first-order valence-electron chi connectivity index (χ1n) is 9.87. The maximum atomic E-state index is 12.9. The molecule has 0 aliphatic rings. The summed E-state index contributed by atoms with van der Waals surface area (Å²) in [5, 5.41) is 3.41. The Morgan fingerprint density at radius 1 is 0.967 bits per heavy atom. The van der Waals surface area contributed by atoms with Gasteiger partial charge in [0, 0.05) is 16.0 Å². The smallest absolute Gasteiger partial charge is 0.341 e. The number of amides is 1. The van der Waals surface area contributed by atoms with Gasteiger partial charge in [-0.3, -0.25) is 4.79 Å². The van der Waals surface area contributed by atoms with E-state index in [-0.39, 0.29) is 12.5 Å². The Balaban J connectivity index is 2.03. The molecular formula is C24H25NO4S. The van der Waals surface area contributed by atoms with Crippen LogP contribution in [0.4, 0.5) is 5.00 Å². The first kappa shape index (κ1) is 21.6. The van der Waals surface area contributed by atoms with Crippen molar-refractivity contribution in [3.63, 3.8) is 0 Å². The minimum atomic E-state index is -0.453. The Labute approximate surface area is 180 Å². The number of esters is 1. The number of hydrogen-bond acceptors (Lipinski definition) is 5. The number of rotatable bonds is 7. The largest absolute Gasteiger partial charge is 0.494 e. The zero-order valence-corrected chi connectivity index (χ0v) is 18.4. The molecule has 0 saturated carbocycles. The van der Waals surface area contributed by atoms with Crippen LogP contribution in [0.3, 0.4) is 0 Å². The van der Waals surface area contributed by atoms with Crippen molar-refractivity contribution in [2.24, 2.45) is 0 Å². The fraction of sp³-hybridized carbons (Fsp3) is 0.250. The molecular weight excluding hydrogens is 398 g/mol. The van der Waals surface area contributed by atoms with Gasteiger partial charge < -0.3 is 14.8 Å². The number of carbonyl (C=O) groups is 2. The molecule has 3 aromatic rings. The molecule has 0 saturated heterocycles. The van der Waals surface area contributed by atoms with Crippen LogP contribution in [0.5, 0.6) is 5.75 Å². The molecule has 0 atom stereocenters. The molecule has 0 radical (unpaired) electrons. The van der Waals surface area contributed by atoms with E-state index in [4.69, 9.17) is 9.47 Å². The molecule has 0 aliphatic carbocycles. The maximum absolute atomic E-state index is 12.9. The molecule has 5 nitrogen and oxygen atoms in total. The van der Waals surface area contributed by atoms with E-state index >= 15 is 0 Å². The molecule has 0 spiro atoms. The molecule has 0 aliphatic heterocycles. The number of carbonyl (C=O) groups excluding carboxylic acids is 2. The van der Waals surface area contributed by atoms with Crippen LogP contribution in [0.15, 0.2) is 48.5 Å². The molecule has 0 fully saturated rings. The lowest BCUT2D eigenvalue weighted by molar-refractivity contribution is 0.0529. The van der Waals surface area contributed by atoms with Gasteiger partial charge in [-0.15, -0.1) is 11.3 Å². The van der Waals surface area contributed by atoms with Crippen LogP contribution in [0.1, 0.15) is 45.0 Å². The number of thiophene rings is 1. The van der Waals surface area contributed by atoms with Gasteiger partial charge in [0.25, 0.3) is 5.91 Å². The van der Waals surface area contributed by atoms with Crippen molar-refractivity contribution in [2.45, 2.75) is 27.7 Å². The zero-order valence-electron chi connectivity index (χ0n) is 17.6. The highest BCUT2D eigenvalue weighted by Crippen LogP contribution is 2.41. The molecule has 30 heavy (non-hydrogen) atoms. The van der Waals surface area contributed by atoms with Gasteiger partial charge >= 0.3 is 5.97 Å². The van der Waals surface area contributed by atoms with Crippen LogP contribution < -0.4 is 10.1 Å². The minimum Gasteiger partial charge on any atom is -0.494 e. The third-order valence-corrected chi connectivity index (χ3v) is 5.66. The Morgan fingerprint density at radius 2 is 1.67 bits per heavy atom. The van der Waals surface area contributed by atoms with Gasteiger partial charge in [-0.25, -0.2) is 4.79 Å². The van der Waals surface area contributed by atoms with Crippen LogP contribution in [-0.2, 0) is 4.74 Å². The fourth-order valence-corrected chi connectivity index (χ4v) is 4.32. The van der Waals surface area contributed by atoms with Crippen LogP contribution in [-0.4, -0.2) is 25.1 Å². The van der Waals surface area contributed by atoms with Crippen LogP contribution >= 0.6 is 11.3 Å². The Bertz CT molecular complexity index is 1050. The monoisotopic (exact) mass is 423 g/mol. The van der Waals surface area contributed by atoms with Gasteiger partial charge in [-0.2, -0.15) is 0 Å². The summed E-state index contributed by atoms with van der Waals surface area (Å²) in [5.74, 6) is 0.0591. The topological polar surface area (TPSA) is 64.6 Å². The van der Waals surface area contributed by atoms with E-state index in [1.54, 1.807) is 13.0 Å². The normalized spacial score (nSPS) is 10.5. The lowest BCUT2D eigenvalue weighted by atomic mass is 10.0. The van der Waals surface area contributed by atoms with Crippen molar-refractivity contribution in [3.8, 4) is 16.9 Å². The van der Waals surface area contributed by atoms with Crippen molar-refractivity contribution in [1.82, 2.24) is 0 Å². The number of nitrogens with one attached hydrogen (secondary N) is 1. The van der Waals surface area contributed by atoms with Crippen LogP contribution in [0, 0.1) is 13.8 Å². The SMILES string of the molecule is CCOC(=O)c1c(NC(=O)c2ccccc2C)sc(C)c1-c1ccc(OCC)cc1. The summed E-state index contributed by atoms with van der Waals surface area (Å²) in [6.45, 7) is 8.34. The zero-order chi connectivity index (χ0) is 21.7. The Morgan fingerprint density at radius 3 is 2.30 bits per heavy atom. The molecule has 156 valence electrons. The molecule has 1 amide bonds. The summed E-state index contributed by atoms with van der Waals surface area (Å²) in [5.41, 5.74) is 3.45. The predicted molar refractivity (Wildman–Crippen MR) is 121 cm³/mol. The highest BCUT2D eigenvalue weighted by molar-refractivity contribution is 7.17. The first-order valence-corrected chi connectivity index (χ1v) is 10.7. The van der Waals surface area contributed by atoms with Gasteiger partial charge in [0.1, 0.15) is 16.3 Å². The highest BCUT2D eigenvalue weighted by Gasteiger charge is 2.26. The number of hydrogen-bond donors (Lipinski definition) is 1. The first-order chi connectivity index (χ1) is 14.5. The predicted octanol–water partition coefficient (Wildman–Crippen LogP) is 5.86. The van der Waals surface area contributed by atoms with Crippen molar-refractivity contribution in [2.75, 3.05) is 18.5 Å². The number of ether oxygens (including phenoxy) is 2. The quantitative estimate of drug-likeness (QED) is 0.484. The van der Waals surface area contributed by atoms with Gasteiger partial charge in [-0.1, -0.05) is 30.3 Å². The molecule has 2 aromatic carbocycles. The summed E-state index contributed by atoms with van der Waals surface area (Å²) in [4.78, 5) is 26.6. The fourth-order valence-electron chi connectivity index (χ4n) is 3.26. The van der Waals surface area contributed by atoms with Gasteiger partial charge in [0.15, 0.2) is 0 Å². The second-order valence-electron chi connectivity index (χ2n) is 6.68. The minimum absolute atomic E-state index is 0.252. The number of aryl methyl sites for hydroxylation is 2. The van der Waals surface area contributed by atoms with Crippen LogP contribution in [0.2, 0.25) is 0 Å². The summed E-state index contributed by atoms with van der Waals surface area (Å²) in [6, 6.07) is 14.9. The van der Waals surface area contributed by atoms with Gasteiger partial charge in [0.2, 0.25) is 0 Å². The summed E-state index contributed by atoms with van der Waals surface area (Å²) >= 11 is 1.37. The van der Waals surface area contributed by atoms with E-state index in [0.29, 0.717) is 22.7 Å². The van der Waals surface area contributed by atoms with Crippen molar-refractivity contribution in [1.29, 1.82) is 0 Å². The standard InChI is InChI=1S/C24H25NO4S/c1-5-28-18-13-11-17(12-14-18)20-16(4)30-23(21(20)24(27)29-6-2)25-22(26)19-10-8-7-9-15(19)3/h7-14H,5-6H2,1-4H3,(H,25,26). The van der Waals surface area contributed by atoms with Crippen LogP contribution in [0.25, 0.3) is 11.1 Å². The molecule has 1 aromatic heterocycles. The van der Waals surface area contributed by atoms with Crippen molar-refractivity contribution >= 4 is 28.2 Å². The molecule has 3 rings (SSSR count). The maximum Gasteiger partial charge on any atom is 0.341 e. The van der Waals surface area contributed by atoms with E-state index in [1.807, 2.05) is 63.2 Å². The summed E-state index contributed by atoms with van der Waals surface area (Å²) in [7, 11) is 0. The lowest BCUT2D eigenvalue weighted by Gasteiger charge is -2.10. The molecule has 0 unspecified atom stereocenters. The van der Waals surface area contributed by atoms with E-state index in [1.165, 1.54) is 11.3 Å². The Kier molecular flexibility index (Phi) is 6.90. The Hall–Kier alpha value is -3.12. The second-order valence-corrected chi connectivity index (χ2v) is 7.91. The molecule has 6 heteroatoms. The lowest BCUT2D eigenvalue weighted by Crippen LogP contribution is -2.15. The molecule has 0 bridgehead atoms. The van der Waals surface area contributed by atoms with Crippen molar-refractivity contribution < 1.29 is 19.1 Å². The van der Waals surface area contributed by atoms with Gasteiger partial charge in [0.05, 0.1) is 13.2 Å². The third-order valence-electron chi connectivity index (χ3n) is 4.63. The average molecular weight is 424 g/mol. The van der Waals surface area contributed by atoms with Crippen molar-refractivity contribution in [3.05, 3.63) is 70.1 Å². The van der Waals surface area contributed by atoms with Gasteiger partial charge in [-0.05, 0) is 57.0 Å². The van der Waals surface area contributed by atoms with E-state index < -0.39 is 5.97 Å². The molecule has 1 heterocycles. The number of anilines is 1. The molecule has 1 N–H and O–H groups in total. The summed E-state index contributed by atoms with van der Waals surface area (Å²) < 4.78 is 10.8. The second kappa shape index (κ2) is 9.59. The average Bonchev–Trinajstić information content (AvgIpc) is 3.05. The highest BCUT2D eigenvalue weighted by atomic mass is 32.1. The van der Waals surface area contributed by atoms with E-state index in [0.717, 1.165) is 27.3 Å². The van der Waals surface area contributed by atoms with E-state index in [2.05, 4.69) is 5.32 Å². The third kappa shape index (κ3) is 4.54. The van der Waals surface area contributed by atoms with E-state index in [9.17, 15) is 9.59 Å². The number of benzene rings is 2.